The summed E-state index contributed by atoms with van der Waals surface area (Å²) in [6, 6.07) is 14.1. The Morgan fingerprint density at radius 1 is 0.952 bits per heavy atom. The first-order valence-electron chi connectivity index (χ1n) is 6.45. The van der Waals surface area contributed by atoms with Gasteiger partial charge in [0.05, 0.1) is 16.8 Å². The fraction of sp³-hybridized carbons (Fsp3) is 0.0588. The summed E-state index contributed by atoms with van der Waals surface area (Å²) in [5, 5.41) is 0.680. The van der Waals surface area contributed by atoms with Crippen LogP contribution in [-0.4, -0.2) is 17.1 Å². The largest absolute Gasteiger partial charge is 0.268 e. The summed E-state index contributed by atoms with van der Waals surface area (Å²) in [5.74, 6) is -0.551. The van der Waals surface area contributed by atoms with Crippen LogP contribution in [0, 0.1) is 0 Å². The molecule has 104 valence electrons. The molecule has 0 fully saturated rings. The van der Waals surface area contributed by atoms with Crippen molar-refractivity contribution in [2.24, 2.45) is 0 Å². The molecule has 0 saturated heterocycles. The van der Waals surface area contributed by atoms with Gasteiger partial charge < -0.3 is 0 Å². The third-order valence-electron chi connectivity index (χ3n) is 3.49. The van der Waals surface area contributed by atoms with Crippen molar-refractivity contribution in [3.05, 3.63) is 71.8 Å². The fourth-order valence-corrected chi connectivity index (χ4v) is 2.67. The van der Waals surface area contributed by atoms with Crippen molar-refractivity contribution < 1.29 is 9.59 Å². The number of hydrogen-bond acceptors (Lipinski definition) is 2. The van der Waals surface area contributed by atoms with Gasteiger partial charge in [-0.25, -0.2) is 4.90 Å². The molecule has 3 rings (SSSR count). The van der Waals surface area contributed by atoms with Gasteiger partial charge in [-0.1, -0.05) is 46.8 Å². The normalized spacial score (nSPS) is 13.5. The fourth-order valence-electron chi connectivity index (χ4n) is 2.35. The maximum Gasteiger partial charge on any atom is 0.266 e. The first kappa shape index (κ1) is 13.8. The van der Waals surface area contributed by atoms with Gasteiger partial charge in [-0.05, 0) is 35.4 Å². The van der Waals surface area contributed by atoms with Crippen molar-refractivity contribution in [2.75, 3.05) is 10.2 Å². The van der Waals surface area contributed by atoms with Crippen LogP contribution in [0.25, 0.3) is 5.57 Å². The van der Waals surface area contributed by atoms with E-state index in [9.17, 15) is 9.59 Å². The lowest BCUT2D eigenvalue weighted by Crippen LogP contribution is -2.29. The summed E-state index contributed by atoms with van der Waals surface area (Å²) in [7, 11) is 0. The number of halogens is 1. The average Bonchev–Trinajstić information content (AvgIpc) is 2.79. The van der Waals surface area contributed by atoms with E-state index in [1.807, 2.05) is 12.1 Å². The van der Waals surface area contributed by atoms with Gasteiger partial charge in [0, 0.05) is 5.33 Å². The van der Waals surface area contributed by atoms with Crippen molar-refractivity contribution in [2.45, 2.75) is 0 Å². The van der Waals surface area contributed by atoms with E-state index in [0.717, 1.165) is 11.1 Å². The molecule has 2 aromatic rings. The Labute approximate surface area is 131 Å². The minimum Gasteiger partial charge on any atom is -0.268 e. The van der Waals surface area contributed by atoms with E-state index < -0.39 is 0 Å². The molecule has 0 atom stereocenters. The number of carbonyl (C=O) groups excluding carboxylic acids is 2. The minimum absolute atomic E-state index is 0.275. The van der Waals surface area contributed by atoms with Gasteiger partial charge in [-0.3, -0.25) is 9.59 Å². The Morgan fingerprint density at radius 3 is 1.95 bits per heavy atom. The summed E-state index contributed by atoms with van der Waals surface area (Å²) in [6.45, 7) is 3.94. The molecule has 0 aliphatic carbocycles. The lowest BCUT2D eigenvalue weighted by molar-refractivity contribution is 0.0926. The van der Waals surface area contributed by atoms with Gasteiger partial charge in [0.15, 0.2) is 0 Å². The number of hydrogen-bond donors (Lipinski definition) is 0. The number of nitrogens with zero attached hydrogens (tertiary/aromatic N) is 1. The number of fused-ring (bicyclic) bond motifs is 1. The lowest BCUT2D eigenvalue weighted by atomic mass is 10.1. The van der Waals surface area contributed by atoms with Gasteiger partial charge in [0.25, 0.3) is 11.8 Å². The second kappa shape index (κ2) is 5.30. The molecule has 0 aromatic heterocycles. The van der Waals surface area contributed by atoms with Crippen LogP contribution in [0.3, 0.4) is 0 Å². The predicted molar refractivity (Wildman–Crippen MR) is 86.9 cm³/mol. The van der Waals surface area contributed by atoms with Crippen LogP contribution < -0.4 is 4.90 Å². The Bertz CT molecular complexity index is 715. The van der Waals surface area contributed by atoms with E-state index in [-0.39, 0.29) is 11.8 Å². The quantitative estimate of drug-likeness (QED) is 0.627. The maximum atomic E-state index is 12.4. The molecule has 2 aromatic carbocycles. The zero-order valence-corrected chi connectivity index (χ0v) is 12.8. The molecule has 0 unspecified atom stereocenters. The van der Waals surface area contributed by atoms with Gasteiger partial charge in [0.1, 0.15) is 0 Å². The van der Waals surface area contributed by atoms with Crippen LogP contribution >= 0.6 is 15.9 Å². The molecule has 1 heterocycles. The van der Waals surface area contributed by atoms with Crippen molar-refractivity contribution in [1.29, 1.82) is 0 Å². The SMILES string of the molecule is C=C(CBr)c1ccc(N2C(=O)c3ccccc3C2=O)cc1. The Kier molecular flexibility index (Phi) is 3.47. The smallest absolute Gasteiger partial charge is 0.266 e. The topological polar surface area (TPSA) is 37.4 Å². The van der Waals surface area contributed by atoms with Crippen LogP contribution in [0.1, 0.15) is 26.3 Å². The lowest BCUT2D eigenvalue weighted by Gasteiger charge is -2.14. The molecule has 3 nitrogen and oxygen atoms in total. The van der Waals surface area contributed by atoms with Gasteiger partial charge in [0.2, 0.25) is 0 Å². The van der Waals surface area contributed by atoms with Gasteiger partial charge in [-0.15, -0.1) is 0 Å². The van der Waals surface area contributed by atoms with Crippen molar-refractivity contribution >= 4 is 39.0 Å². The van der Waals surface area contributed by atoms with E-state index >= 15 is 0 Å². The van der Waals surface area contributed by atoms with Gasteiger partial charge >= 0.3 is 0 Å². The first-order chi connectivity index (χ1) is 10.1. The third-order valence-corrected chi connectivity index (χ3v) is 4.17. The maximum absolute atomic E-state index is 12.4. The second-order valence-electron chi connectivity index (χ2n) is 4.78. The minimum atomic E-state index is -0.275. The molecular formula is C17H12BrNO2. The molecule has 1 aliphatic rings. The summed E-state index contributed by atoms with van der Waals surface area (Å²) < 4.78 is 0. The van der Waals surface area contributed by atoms with E-state index in [1.54, 1.807) is 36.4 Å². The van der Waals surface area contributed by atoms with E-state index in [1.165, 1.54) is 4.90 Å². The molecule has 0 spiro atoms. The zero-order valence-electron chi connectivity index (χ0n) is 11.2. The van der Waals surface area contributed by atoms with Crippen molar-refractivity contribution in [1.82, 2.24) is 0 Å². The van der Waals surface area contributed by atoms with Crippen LogP contribution in [0.5, 0.6) is 0 Å². The van der Waals surface area contributed by atoms with Crippen LogP contribution in [0.4, 0.5) is 5.69 Å². The number of imide groups is 1. The highest BCUT2D eigenvalue weighted by atomic mass is 79.9. The van der Waals surface area contributed by atoms with Crippen LogP contribution in [0.15, 0.2) is 55.1 Å². The highest BCUT2D eigenvalue weighted by Gasteiger charge is 2.36. The van der Waals surface area contributed by atoms with Crippen LogP contribution in [0.2, 0.25) is 0 Å². The first-order valence-corrected chi connectivity index (χ1v) is 7.57. The number of amides is 2. The van der Waals surface area contributed by atoms with Gasteiger partial charge in [-0.2, -0.15) is 0 Å². The molecule has 21 heavy (non-hydrogen) atoms. The monoisotopic (exact) mass is 341 g/mol. The molecule has 0 N–H and O–H groups in total. The number of allylic oxidation sites excluding steroid dienone is 1. The Hall–Kier alpha value is -2.20. The van der Waals surface area contributed by atoms with Crippen LogP contribution in [-0.2, 0) is 0 Å². The zero-order chi connectivity index (χ0) is 15.0. The number of anilines is 1. The Morgan fingerprint density at radius 2 is 1.48 bits per heavy atom. The summed E-state index contributed by atoms with van der Waals surface area (Å²) in [4.78, 5) is 25.9. The molecule has 0 radical (unpaired) electrons. The summed E-state index contributed by atoms with van der Waals surface area (Å²) in [5.41, 5.74) is 3.41. The number of rotatable bonds is 3. The molecule has 2 amide bonds. The highest BCUT2D eigenvalue weighted by Crippen LogP contribution is 2.29. The molecular weight excluding hydrogens is 330 g/mol. The predicted octanol–water partition coefficient (Wildman–Crippen LogP) is 3.90. The van der Waals surface area contributed by atoms with E-state index in [0.29, 0.717) is 22.1 Å². The second-order valence-corrected chi connectivity index (χ2v) is 5.34. The number of benzene rings is 2. The molecule has 0 bridgehead atoms. The molecule has 1 aliphatic heterocycles. The summed E-state index contributed by atoms with van der Waals surface area (Å²) in [6.07, 6.45) is 0. The summed E-state index contributed by atoms with van der Waals surface area (Å²) >= 11 is 3.36. The number of alkyl halides is 1. The average molecular weight is 342 g/mol. The standard InChI is InChI=1S/C17H12BrNO2/c1-11(10-18)12-6-8-13(9-7-12)19-16(20)14-4-2-3-5-15(14)17(19)21/h2-9H,1,10H2. The molecule has 4 heteroatoms. The van der Waals surface area contributed by atoms with Crippen molar-refractivity contribution in [3.63, 3.8) is 0 Å². The Balaban J connectivity index is 1.97. The molecule has 0 saturated carbocycles. The third kappa shape index (κ3) is 2.21. The van der Waals surface area contributed by atoms with E-state index in [2.05, 4.69) is 22.5 Å². The van der Waals surface area contributed by atoms with Crippen molar-refractivity contribution in [3.8, 4) is 0 Å². The highest BCUT2D eigenvalue weighted by molar-refractivity contribution is 9.09. The number of carbonyl (C=O) groups is 2. The van der Waals surface area contributed by atoms with E-state index in [4.69, 9.17) is 0 Å².